The first-order chi connectivity index (χ1) is 10.1. The second kappa shape index (κ2) is 7.22. The van der Waals surface area contributed by atoms with Gasteiger partial charge < -0.3 is 15.3 Å². The van der Waals surface area contributed by atoms with Gasteiger partial charge in [-0.3, -0.25) is 9.59 Å². The summed E-state index contributed by atoms with van der Waals surface area (Å²) in [6.45, 7) is 3.47. The van der Waals surface area contributed by atoms with E-state index in [4.69, 9.17) is 0 Å². The third kappa shape index (κ3) is 4.04. The SMILES string of the molecule is CCN1CC(C(=O)NCCC(O)c2ccccc2)CC1=O. The Morgan fingerprint density at radius 2 is 2.14 bits per heavy atom. The summed E-state index contributed by atoms with van der Waals surface area (Å²) in [6, 6.07) is 9.37. The summed E-state index contributed by atoms with van der Waals surface area (Å²) in [7, 11) is 0. The summed E-state index contributed by atoms with van der Waals surface area (Å²) in [4.78, 5) is 25.3. The minimum Gasteiger partial charge on any atom is -0.388 e. The number of likely N-dealkylation sites (tertiary alicyclic amines) is 1. The third-order valence-corrected chi connectivity index (χ3v) is 3.87. The number of carbonyl (C=O) groups is 2. The summed E-state index contributed by atoms with van der Waals surface area (Å²) in [6.07, 6.45) is 0.179. The van der Waals surface area contributed by atoms with Gasteiger partial charge in [-0.25, -0.2) is 0 Å². The topological polar surface area (TPSA) is 69.6 Å². The second-order valence-corrected chi connectivity index (χ2v) is 5.34. The Balaban J connectivity index is 1.74. The molecular weight excluding hydrogens is 268 g/mol. The van der Waals surface area contributed by atoms with E-state index in [1.165, 1.54) is 0 Å². The molecule has 5 heteroatoms. The van der Waals surface area contributed by atoms with Gasteiger partial charge in [0.2, 0.25) is 11.8 Å². The zero-order valence-electron chi connectivity index (χ0n) is 12.3. The average Bonchev–Trinajstić information content (AvgIpc) is 2.89. The first-order valence-electron chi connectivity index (χ1n) is 7.40. The molecule has 1 heterocycles. The van der Waals surface area contributed by atoms with Crippen LogP contribution in [0.15, 0.2) is 30.3 Å². The van der Waals surface area contributed by atoms with Crippen molar-refractivity contribution in [3.8, 4) is 0 Å². The molecule has 114 valence electrons. The molecule has 1 aliphatic heterocycles. The molecule has 1 aromatic rings. The third-order valence-electron chi connectivity index (χ3n) is 3.87. The van der Waals surface area contributed by atoms with Crippen LogP contribution in [0.3, 0.4) is 0 Å². The second-order valence-electron chi connectivity index (χ2n) is 5.34. The van der Waals surface area contributed by atoms with Gasteiger partial charge in [0.15, 0.2) is 0 Å². The Kier molecular flexibility index (Phi) is 5.33. The lowest BCUT2D eigenvalue weighted by molar-refractivity contribution is -0.128. The van der Waals surface area contributed by atoms with Crippen LogP contribution in [0.1, 0.15) is 31.4 Å². The van der Waals surface area contributed by atoms with E-state index < -0.39 is 6.10 Å². The largest absolute Gasteiger partial charge is 0.388 e. The lowest BCUT2D eigenvalue weighted by atomic mass is 10.1. The molecule has 1 aliphatic rings. The van der Waals surface area contributed by atoms with Crippen molar-refractivity contribution < 1.29 is 14.7 Å². The van der Waals surface area contributed by atoms with E-state index in [0.29, 0.717) is 32.5 Å². The van der Waals surface area contributed by atoms with Crippen molar-refractivity contribution in [2.45, 2.75) is 25.9 Å². The smallest absolute Gasteiger partial charge is 0.225 e. The zero-order valence-corrected chi connectivity index (χ0v) is 12.3. The van der Waals surface area contributed by atoms with Crippen LogP contribution in [-0.4, -0.2) is 41.5 Å². The monoisotopic (exact) mass is 290 g/mol. The molecule has 21 heavy (non-hydrogen) atoms. The maximum Gasteiger partial charge on any atom is 0.225 e. The van der Waals surface area contributed by atoms with Gasteiger partial charge in [-0.15, -0.1) is 0 Å². The molecule has 0 radical (unpaired) electrons. The number of hydrogen-bond donors (Lipinski definition) is 2. The Morgan fingerprint density at radius 1 is 1.43 bits per heavy atom. The summed E-state index contributed by atoms with van der Waals surface area (Å²) in [5, 5.41) is 12.8. The van der Waals surface area contributed by atoms with Gasteiger partial charge in [0, 0.05) is 26.1 Å². The fraction of sp³-hybridized carbons (Fsp3) is 0.500. The first-order valence-corrected chi connectivity index (χ1v) is 7.40. The van der Waals surface area contributed by atoms with Crippen molar-refractivity contribution in [1.82, 2.24) is 10.2 Å². The fourth-order valence-electron chi connectivity index (χ4n) is 2.57. The Morgan fingerprint density at radius 3 is 2.76 bits per heavy atom. The van der Waals surface area contributed by atoms with E-state index in [0.717, 1.165) is 5.56 Å². The number of carbonyl (C=O) groups excluding carboxylic acids is 2. The van der Waals surface area contributed by atoms with Crippen molar-refractivity contribution in [1.29, 1.82) is 0 Å². The minimum absolute atomic E-state index is 0.0435. The van der Waals surface area contributed by atoms with Crippen molar-refractivity contribution in [2.75, 3.05) is 19.6 Å². The fourth-order valence-corrected chi connectivity index (χ4v) is 2.57. The van der Waals surface area contributed by atoms with E-state index in [-0.39, 0.29) is 17.7 Å². The lowest BCUT2D eigenvalue weighted by Crippen LogP contribution is -2.34. The molecule has 0 aliphatic carbocycles. The van der Waals surface area contributed by atoms with Crippen LogP contribution in [0.25, 0.3) is 0 Å². The number of nitrogens with zero attached hydrogens (tertiary/aromatic N) is 1. The highest BCUT2D eigenvalue weighted by molar-refractivity contribution is 5.89. The number of aliphatic hydroxyl groups excluding tert-OH is 1. The van der Waals surface area contributed by atoms with Crippen LogP contribution in [0.4, 0.5) is 0 Å². The molecule has 0 bridgehead atoms. The molecule has 0 aromatic heterocycles. The number of benzene rings is 1. The minimum atomic E-state index is -0.580. The van der Waals surface area contributed by atoms with E-state index in [2.05, 4.69) is 5.32 Å². The lowest BCUT2D eigenvalue weighted by Gasteiger charge is -2.15. The molecule has 1 saturated heterocycles. The van der Waals surface area contributed by atoms with Crippen LogP contribution in [-0.2, 0) is 9.59 Å². The molecule has 2 unspecified atom stereocenters. The predicted molar refractivity (Wildman–Crippen MR) is 79.4 cm³/mol. The molecule has 1 aromatic carbocycles. The number of aliphatic hydroxyl groups is 1. The summed E-state index contributed by atoms with van der Waals surface area (Å²) in [5.41, 5.74) is 0.847. The standard InChI is InChI=1S/C16H22N2O3/c1-2-18-11-13(10-15(18)20)16(21)17-9-8-14(19)12-6-4-3-5-7-12/h3-7,13-14,19H,2,8-11H2,1H3,(H,17,21). The van der Waals surface area contributed by atoms with Gasteiger partial charge >= 0.3 is 0 Å². The van der Waals surface area contributed by atoms with E-state index in [1.54, 1.807) is 4.90 Å². The maximum absolute atomic E-state index is 12.0. The van der Waals surface area contributed by atoms with Gasteiger partial charge in [-0.05, 0) is 18.9 Å². The van der Waals surface area contributed by atoms with Gasteiger partial charge in [-0.2, -0.15) is 0 Å². The van der Waals surface area contributed by atoms with Gasteiger partial charge in [-0.1, -0.05) is 30.3 Å². The highest BCUT2D eigenvalue weighted by Crippen LogP contribution is 2.18. The predicted octanol–water partition coefficient (Wildman–Crippen LogP) is 1.09. The summed E-state index contributed by atoms with van der Waals surface area (Å²) >= 11 is 0. The molecule has 2 amide bonds. The van der Waals surface area contributed by atoms with Crippen molar-refractivity contribution in [3.63, 3.8) is 0 Å². The molecule has 2 rings (SSSR count). The number of rotatable bonds is 6. The summed E-state index contributed by atoms with van der Waals surface area (Å²) in [5.74, 6) is -0.312. The molecule has 5 nitrogen and oxygen atoms in total. The number of nitrogens with one attached hydrogen (secondary N) is 1. The highest BCUT2D eigenvalue weighted by atomic mass is 16.3. The summed E-state index contributed by atoms with van der Waals surface area (Å²) < 4.78 is 0. The van der Waals surface area contributed by atoms with Crippen LogP contribution >= 0.6 is 0 Å². The Labute approximate surface area is 125 Å². The van der Waals surface area contributed by atoms with Crippen molar-refractivity contribution in [2.24, 2.45) is 5.92 Å². The van der Waals surface area contributed by atoms with Crippen LogP contribution in [0.5, 0.6) is 0 Å². The number of amides is 2. The van der Waals surface area contributed by atoms with Gasteiger partial charge in [0.1, 0.15) is 0 Å². The van der Waals surface area contributed by atoms with Crippen molar-refractivity contribution in [3.05, 3.63) is 35.9 Å². The van der Waals surface area contributed by atoms with E-state index in [9.17, 15) is 14.7 Å². The Hall–Kier alpha value is -1.88. The average molecular weight is 290 g/mol. The molecule has 1 fully saturated rings. The van der Waals surface area contributed by atoms with Crippen LogP contribution in [0.2, 0.25) is 0 Å². The van der Waals surface area contributed by atoms with E-state index >= 15 is 0 Å². The molecule has 0 saturated carbocycles. The highest BCUT2D eigenvalue weighted by Gasteiger charge is 2.33. The zero-order chi connectivity index (χ0) is 15.2. The van der Waals surface area contributed by atoms with Crippen LogP contribution in [0, 0.1) is 5.92 Å². The first kappa shape index (κ1) is 15.5. The maximum atomic E-state index is 12.0. The van der Waals surface area contributed by atoms with E-state index in [1.807, 2.05) is 37.3 Å². The van der Waals surface area contributed by atoms with Crippen molar-refractivity contribution >= 4 is 11.8 Å². The van der Waals surface area contributed by atoms with Crippen LogP contribution < -0.4 is 5.32 Å². The van der Waals surface area contributed by atoms with Gasteiger partial charge in [0.25, 0.3) is 0 Å². The normalized spacial score (nSPS) is 19.6. The Bertz CT molecular complexity index is 490. The van der Waals surface area contributed by atoms with Gasteiger partial charge in [0.05, 0.1) is 12.0 Å². The molecule has 2 atom stereocenters. The molecule has 0 spiro atoms. The number of hydrogen-bond acceptors (Lipinski definition) is 3. The molecule has 2 N–H and O–H groups in total. The molecular formula is C16H22N2O3. The quantitative estimate of drug-likeness (QED) is 0.824.